The van der Waals surface area contributed by atoms with Crippen LogP contribution in [-0.2, 0) is 17.9 Å². The molecule has 1 amide bonds. The Balaban J connectivity index is 1.03. The minimum Gasteiger partial charge on any atom is -0.497 e. The molecule has 45 heavy (non-hydrogen) atoms. The van der Waals surface area contributed by atoms with Crippen LogP contribution >= 0.6 is 11.6 Å². The number of fused-ring (bicyclic) bond motifs is 2. The smallest absolute Gasteiger partial charge is 0.328 e. The third-order valence-corrected chi connectivity index (χ3v) is 8.64. The van der Waals surface area contributed by atoms with Gasteiger partial charge in [-0.25, -0.2) is 28.8 Å². The van der Waals surface area contributed by atoms with Crippen molar-refractivity contribution < 1.29 is 19.0 Å². The number of imidazole rings is 1. The van der Waals surface area contributed by atoms with Crippen molar-refractivity contribution in [3.63, 3.8) is 0 Å². The number of nitrogens with two attached hydrogens (primary N) is 1. The molecule has 2 aliphatic carbocycles. The fourth-order valence-electron chi connectivity index (χ4n) is 5.65. The van der Waals surface area contributed by atoms with Gasteiger partial charge in [0, 0.05) is 43.4 Å². The number of nitrogens with zero attached hydrogens (tertiary/aromatic N) is 7. The molecule has 4 aromatic heterocycles. The number of nitrogens with one attached hydrogen (secondary N) is 1. The van der Waals surface area contributed by atoms with E-state index in [1.165, 1.54) is 10.9 Å². The summed E-state index contributed by atoms with van der Waals surface area (Å²) in [6, 6.07) is 8.77. The molecule has 0 radical (unpaired) electrons. The second kappa shape index (κ2) is 11.7. The van der Waals surface area contributed by atoms with Crippen molar-refractivity contribution >= 4 is 45.8 Å². The molecular formula is C31H34ClN9O4. The van der Waals surface area contributed by atoms with Crippen LogP contribution in [0.5, 0.6) is 11.5 Å². The first-order valence-corrected chi connectivity index (χ1v) is 15.2. The number of nitrogen functional groups attached to an aromatic ring is 1. The molecule has 0 bridgehead atoms. The van der Waals surface area contributed by atoms with Crippen LogP contribution in [-0.4, -0.2) is 68.6 Å². The van der Waals surface area contributed by atoms with Crippen LogP contribution in [0.25, 0.3) is 16.8 Å². The molecule has 2 atom stereocenters. The molecule has 4 heterocycles. The van der Waals surface area contributed by atoms with Gasteiger partial charge in [0.15, 0.2) is 17.1 Å². The number of carbonyl (C=O) groups is 1. The van der Waals surface area contributed by atoms with Crippen molar-refractivity contribution in [1.82, 2.24) is 34.4 Å². The number of anilines is 2. The van der Waals surface area contributed by atoms with Crippen molar-refractivity contribution in [2.24, 2.45) is 0 Å². The van der Waals surface area contributed by atoms with Gasteiger partial charge in [0.25, 0.3) is 0 Å². The molecule has 14 heteroatoms. The fourth-order valence-corrected chi connectivity index (χ4v) is 5.83. The molecule has 2 aliphatic rings. The number of carbonyl (C=O) groups excluding carboxylic acids is 1. The summed E-state index contributed by atoms with van der Waals surface area (Å²) in [6.07, 6.45) is 7.10. The lowest BCUT2D eigenvalue weighted by Crippen LogP contribution is -2.52. The highest BCUT2D eigenvalue weighted by Gasteiger charge is 2.34. The maximum Gasteiger partial charge on any atom is 0.328 e. The number of hydrogen-bond acceptors (Lipinski definition) is 10. The van der Waals surface area contributed by atoms with E-state index in [1.807, 2.05) is 42.4 Å². The summed E-state index contributed by atoms with van der Waals surface area (Å²) >= 11 is 6.45. The van der Waals surface area contributed by atoms with Crippen LogP contribution in [0.1, 0.15) is 48.6 Å². The molecule has 5 aromatic rings. The fraction of sp³-hybridized carbons (Fsp3) is 0.387. The van der Waals surface area contributed by atoms with Gasteiger partial charge in [-0.2, -0.15) is 5.10 Å². The van der Waals surface area contributed by atoms with E-state index < -0.39 is 0 Å². The monoisotopic (exact) mass is 631 g/mol. The van der Waals surface area contributed by atoms with Crippen LogP contribution in [0.2, 0.25) is 5.15 Å². The van der Waals surface area contributed by atoms with Crippen LogP contribution < -0.4 is 25.4 Å². The predicted octanol–water partition coefficient (Wildman–Crippen LogP) is 4.55. The molecule has 7 rings (SSSR count). The van der Waals surface area contributed by atoms with Gasteiger partial charge < -0.3 is 30.2 Å². The summed E-state index contributed by atoms with van der Waals surface area (Å²) in [7, 11) is 5.15. The molecule has 0 unspecified atom stereocenters. The normalized spacial score (nSPS) is 17.8. The van der Waals surface area contributed by atoms with Crippen LogP contribution in [0.4, 0.5) is 16.2 Å². The highest BCUT2D eigenvalue weighted by Crippen LogP contribution is 2.38. The Morgan fingerprint density at radius 3 is 2.69 bits per heavy atom. The first-order chi connectivity index (χ1) is 21.8. The zero-order valence-corrected chi connectivity index (χ0v) is 26.0. The molecule has 13 nitrogen and oxygen atoms in total. The van der Waals surface area contributed by atoms with E-state index in [1.54, 1.807) is 24.8 Å². The Morgan fingerprint density at radius 2 is 1.96 bits per heavy atom. The van der Waals surface area contributed by atoms with E-state index in [9.17, 15) is 4.79 Å². The quantitative estimate of drug-likeness (QED) is 0.210. The number of halogens is 1. The van der Waals surface area contributed by atoms with Gasteiger partial charge >= 0.3 is 6.03 Å². The number of pyridine rings is 2. The molecule has 2 fully saturated rings. The van der Waals surface area contributed by atoms with Crippen molar-refractivity contribution in [2.75, 3.05) is 31.9 Å². The van der Waals surface area contributed by atoms with Crippen molar-refractivity contribution in [1.29, 1.82) is 0 Å². The van der Waals surface area contributed by atoms with E-state index in [2.05, 4.69) is 25.4 Å². The van der Waals surface area contributed by atoms with Gasteiger partial charge in [0.05, 0.1) is 44.3 Å². The Bertz CT molecular complexity index is 1900. The maximum atomic E-state index is 13.4. The van der Waals surface area contributed by atoms with Crippen molar-refractivity contribution in [3.8, 4) is 11.5 Å². The van der Waals surface area contributed by atoms with Crippen molar-refractivity contribution in [3.05, 3.63) is 65.0 Å². The first kappa shape index (κ1) is 29.1. The highest BCUT2D eigenvalue weighted by atomic mass is 35.5. The van der Waals surface area contributed by atoms with E-state index in [-0.39, 0.29) is 23.3 Å². The Kier molecular flexibility index (Phi) is 7.58. The number of aromatic nitrogens is 6. The second-order valence-electron chi connectivity index (χ2n) is 11.6. The molecule has 0 saturated heterocycles. The van der Waals surface area contributed by atoms with E-state index >= 15 is 0 Å². The van der Waals surface area contributed by atoms with Crippen LogP contribution in [0.15, 0.2) is 42.9 Å². The number of amides is 1. The third-order valence-electron chi connectivity index (χ3n) is 8.45. The number of ether oxygens (including phenoxy) is 3. The number of hydrogen-bond donors (Lipinski definition) is 2. The highest BCUT2D eigenvalue weighted by molar-refractivity contribution is 6.30. The second-order valence-corrected chi connectivity index (χ2v) is 12.0. The maximum absolute atomic E-state index is 13.4. The van der Waals surface area contributed by atoms with Gasteiger partial charge in [0.1, 0.15) is 28.5 Å². The number of rotatable bonds is 10. The number of methoxy groups -OCH3 is 2. The standard InChI is InChI=1S/C31H34ClN9O4/c1-39(14-19-6-7-20(43-2)11-25(19)44-3)23-12-26(32)36-30-27(23)34-16-40(30)31(42)35-22-8-9-24(22)45-15-17-10-21(33)29-37-28(18-4-5-18)38-41(29)13-17/h6-7,10-13,16,18,22,24H,4-5,8-9,14-15,33H2,1-3H3,(H,35,42)/t22-,24-/m1/s1. The summed E-state index contributed by atoms with van der Waals surface area (Å²) in [5, 5.41) is 7.92. The minimum atomic E-state index is -0.350. The first-order valence-electron chi connectivity index (χ1n) is 14.8. The lowest BCUT2D eigenvalue weighted by Gasteiger charge is -2.36. The van der Waals surface area contributed by atoms with E-state index in [4.69, 9.17) is 31.5 Å². The third kappa shape index (κ3) is 5.69. The Hall–Kier alpha value is -4.62. The summed E-state index contributed by atoms with van der Waals surface area (Å²) in [5.41, 5.74) is 11.0. The minimum absolute atomic E-state index is 0.142. The van der Waals surface area contributed by atoms with Gasteiger partial charge in [0.2, 0.25) is 0 Å². The van der Waals surface area contributed by atoms with Gasteiger partial charge in [-0.1, -0.05) is 11.6 Å². The molecule has 2 saturated carbocycles. The average Bonchev–Trinajstić information content (AvgIpc) is 3.64. The molecule has 3 N–H and O–H groups in total. The largest absolute Gasteiger partial charge is 0.497 e. The number of benzene rings is 1. The Labute approximate surface area is 264 Å². The molecule has 0 spiro atoms. The summed E-state index contributed by atoms with van der Waals surface area (Å²) < 4.78 is 20.2. The predicted molar refractivity (Wildman–Crippen MR) is 169 cm³/mol. The molecular weight excluding hydrogens is 598 g/mol. The molecule has 1 aromatic carbocycles. The van der Waals surface area contributed by atoms with E-state index in [0.29, 0.717) is 53.1 Å². The zero-order valence-electron chi connectivity index (χ0n) is 25.2. The topological polar surface area (TPSA) is 147 Å². The lowest BCUT2D eigenvalue weighted by molar-refractivity contribution is -0.0324. The Morgan fingerprint density at radius 1 is 1.11 bits per heavy atom. The van der Waals surface area contributed by atoms with Crippen LogP contribution in [0.3, 0.4) is 0 Å². The summed E-state index contributed by atoms with van der Waals surface area (Å²) in [5.74, 6) is 2.69. The summed E-state index contributed by atoms with van der Waals surface area (Å²) in [6.45, 7) is 0.843. The van der Waals surface area contributed by atoms with Gasteiger partial charge in [-0.15, -0.1) is 0 Å². The van der Waals surface area contributed by atoms with E-state index in [0.717, 1.165) is 48.3 Å². The van der Waals surface area contributed by atoms with Crippen LogP contribution in [0, 0.1) is 0 Å². The van der Waals surface area contributed by atoms with Gasteiger partial charge in [-0.05, 0) is 49.4 Å². The lowest BCUT2D eigenvalue weighted by atomic mass is 9.89. The van der Waals surface area contributed by atoms with Gasteiger partial charge in [-0.3, -0.25) is 0 Å². The average molecular weight is 632 g/mol. The zero-order chi connectivity index (χ0) is 31.2. The molecule has 0 aliphatic heterocycles. The molecule has 234 valence electrons. The SMILES string of the molecule is COc1ccc(CN(C)c2cc(Cl)nc3c2ncn3C(=O)N[C@@H]2CC[C@H]2OCc2cc(N)c3nc(C4CC4)nn3c2)c(OC)c1. The van der Waals surface area contributed by atoms with Crippen molar-refractivity contribution in [2.45, 2.75) is 56.9 Å². The summed E-state index contributed by atoms with van der Waals surface area (Å²) in [4.78, 5) is 29.0.